The topological polar surface area (TPSA) is 55.6 Å². The Kier molecular flexibility index (Phi) is 4.51. The van der Waals surface area contributed by atoms with Gasteiger partial charge in [-0.3, -0.25) is 4.79 Å². The van der Waals surface area contributed by atoms with Crippen molar-refractivity contribution in [1.82, 2.24) is 4.90 Å². The fraction of sp³-hybridized carbons (Fsp3) is 0.462. The van der Waals surface area contributed by atoms with Crippen LogP contribution in [0.5, 0.6) is 5.75 Å². The van der Waals surface area contributed by atoms with Crippen molar-refractivity contribution >= 4 is 23.2 Å². The maximum absolute atomic E-state index is 12.4. The number of piperidine rings is 1. The first-order valence-electron chi connectivity index (χ1n) is 6.35. The molecule has 8 heteroatoms. The molecule has 0 spiro atoms. The van der Waals surface area contributed by atoms with Crippen molar-refractivity contribution < 1.29 is 22.7 Å². The number of likely N-dealkylation sites (tertiary alicyclic amines) is 1. The minimum Gasteiger partial charge on any atom is -0.486 e. The van der Waals surface area contributed by atoms with Crippen LogP contribution >= 0.6 is 11.6 Å². The predicted octanol–water partition coefficient (Wildman–Crippen LogP) is 2.85. The van der Waals surface area contributed by atoms with Gasteiger partial charge >= 0.3 is 12.1 Å². The quantitative estimate of drug-likeness (QED) is 0.852. The van der Waals surface area contributed by atoms with Crippen LogP contribution < -0.4 is 10.5 Å². The average Bonchev–Trinajstić information content (AvgIpc) is 2.41. The highest BCUT2D eigenvalue weighted by Gasteiger charge is 2.43. The summed E-state index contributed by atoms with van der Waals surface area (Å²) in [5.41, 5.74) is 6.07. The summed E-state index contributed by atoms with van der Waals surface area (Å²) in [5, 5.41) is 0.415. The van der Waals surface area contributed by atoms with Gasteiger partial charge in [-0.15, -0.1) is 0 Å². The number of ether oxygens (including phenoxy) is 1. The van der Waals surface area contributed by atoms with Gasteiger partial charge in [0.05, 0.1) is 12.2 Å². The molecule has 1 aliphatic rings. The van der Waals surface area contributed by atoms with E-state index in [1.165, 1.54) is 6.07 Å². The van der Waals surface area contributed by atoms with E-state index in [9.17, 15) is 18.0 Å². The molecule has 0 bridgehead atoms. The third-order valence-electron chi connectivity index (χ3n) is 3.18. The molecule has 1 amide bonds. The Bertz CT molecular complexity index is 537. The van der Waals surface area contributed by atoms with Crippen LogP contribution in [0.25, 0.3) is 0 Å². The Morgan fingerprint density at radius 1 is 1.43 bits per heavy atom. The molecule has 0 radical (unpaired) electrons. The highest BCUT2D eigenvalue weighted by atomic mass is 35.5. The first-order chi connectivity index (χ1) is 9.77. The number of amides is 1. The van der Waals surface area contributed by atoms with Crippen molar-refractivity contribution in [3.8, 4) is 5.75 Å². The highest BCUT2D eigenvalue weighted by Crippen LogP contribution is 2.29. The number of rotatable bonds is 2. The Balaban J connectivity index is 2.05. The van der Waals surface area contributed by atoms with Crippen LogP contribution in [-0.4, -0.2) is 36.2 Å². The molecule has 21 heavy (non-hydrogen) atoms. The summed E-state index contributed by atoms with van der Waals surface area (Å²) in [5.74, 6) is -1.52. The second-order valence-electron chi connectivity index (χ2n) is 4.81. The Labute approximate surface area is 124 Å². The Hall–Kier alpha value is -1.63. The average molecular weight is 323 g/mol. The summed E-state index contributed by atoms with van der Waals surface area (Å²) in [6, 6.07) is 4.64. The van der Waals surface area contributed by atoms with Crippen LogP contribution in [-0.2, 0) is 4.79 Å². The number of nitrogens with zero attached hydrogens (tertiary/aromatic N) is 1. The van der Waals surface area contributed by atoms with E-state index < -0.39 is 18.2 Å². The van der Waals surface area contributed by atoms with Crippen LogP contribution in [0.2, 0.25) is 5.02 Å². The lowest BCUT2D eigenvalue weighted by atomic mass is 10.1. The number of benzene rings is 1. The van der Waals surface area contributed by atoms with Crippen molar-refractivity contribution in [3.63, 3.8) is 0 Å². The molecule has 1 aliphatic heterocycles. The van der Waals surface area contributed by atoms with Crippen molar-refractivity contribution in [3.05, 3.63) is 23.2 Å². The number of carbonyl (C=O) groups excluding carboxylic acids is 1. The zero-order chi connectivity index (χ0) is 15.6. The fourth-order valence-electron chi connectivity index (χ4n) is 2.19. The molecule has 1 aromatic rings. The van der Waals surface area contributed by atoms with Crippen LogP contribution in [0, 0.1) is 0 Å². The van der Waals surface area contributed by atoms with Gasteiger partial charge in [0.1, 0.15) is 11.9 Å². The standard InChI is InChI=1S/C13H14ClF3N2O2/c14-8-3-4-10(18)11(6-8)21-9-2-1-5-19(7-9)12(20)13(15,16)17/h3-4,6,9H,1-2,5,7,18H2/t9-/m0/s1. The van der Waals surface area contributed by atoms with Gasteiger partial charge in [0.25, 0.3) is 0 Å². The monoisotopic (exact) mass is 322 g/mol. The lowest BCUT2D eigenvalue weighted by Gasteiger charge is -2.33. The second-order valence-corrected chi connectivity index (χ2v) is 5.25. The smallest absolute Gasteiger partial charge is 0.471 e. The summed E-state index contributed by atoms with van der Waals surface area (Å²) in [7, 11) is 0. The van der Waals surface area contributed by atoms with Crippen LogP contribution in [0.15, 0.2) is 18.2 Å². The summed E-state index contributed by atoms with van der Waals surface area (Å²) >= 11 is 5.82. The number of hydrogen-bond acceptors (Lipinski definition) is 3. The Morgan fingerprint density at radius 2 is 2.14 bits per heavy atom. The number of alkyl halides is 3. The van der Waals surface area contributed by atoms with Crippen LogP contribution in [0.1, 0.15) is 12.8 Å². The number of nitrogen functional groups attached to an aromatic ring is 1. The third kappa shape index (κ3) is 3.93. The van der Waals surface area contributed by atoms with Gasteiger partial charge in [0, 0.05) is 17.6 Å². The molecule has 4 nitrogen and oxygen atoms in total. The molecule has 116 valence electrons. The fourth-order valence-corrected chi connectivity index (χ4v) is 2.35. The lowest BCUT2D eigenvalue weighted by molar-refractivity contribution is -0.187. The molecule has 1 fully saturated rings. The van der Waals surface area contributed by atoms with Gasteiger partial charge < -0.3 is 15.4 Å². The zero-order valence-corrected chi connectivity index (χ0v) is 11.7. The van der Waals surface area contributed by atoms with E-state index in [0.717, 1.165) is 4.90 Å². The van der Waals surface area contributed by atoms with E-state index in [1.807, 2.05) is 0 Å². The third-order valence-corrected chi connectivity index (χ3v) is 3.41. The summed E-state index contributed by atoms with van der Waals surface area (Å²) < 4.78 is 42.9. The minimum absolute atomic E-state index is 0.0727. The molecule has 2 N–H and O–H groups in total. The number of hydrogen-bond donors (Lipinski definition) is 1. The summed E-state index contributed by atoms with van der Waals surface area (Å²) in [6.07, 6.45) is -4.41. The maximum atomic E-state index is 12.4. The van der Waals surface area contributed by atoms with E-state index in [0.29, 0.717) is 29.3 Å². The normalized spacial score (nSPS) is 19.4. The molecule has 1 atom stereocenters. The van der Waals surface area contributed by atoms with Gasteiger partial charge in [-0.1, -0.05) is 11.6 Å². The molecular formula is C13H14ClF3N2O2. The molecule has 0 saturated carbocycles. The molecule has 0 aliphatic carbocycles. The predicted molar refractivity (Wildman–Crippen MR) is 72.1 cm³/mol. The number of nitrogens with two attached hydrogens (primary N) is 1. The molecule has 0 aromatic heterocycles. The van der Waals surface area contributed by atoms with Gasteiger partial charge in [-0.25, -0.2) is 0 Å². The molecular weight excluding hydrogens is 309 g/mol. The summed E-state index contributed by atoms with van der Waals surface area (Å²) in [4.78, 5) is 12.0. The van der Waals surface area contributed by atoms with Crippen molar-refractivity contribution in [2.24, 2.45) is 0 Å². The van der Waals surface area contributed by atoms with Crippen molar-refractivity contribution in [1.29, 1.82) is 0 Å². The zero-order valence-electron chi connectivity index (χ0n) is 11.0. The number of anilines is 1. The highest BCUT2D eigenvalue weighted by molar-refractivity contribution is 6.30. The van der Waals surface area contributed by atoms with Crippen LogP contribution in [0.4, 0.5) is 18.9 Å². The van der Waals surface area contributed by atoms with Crippen molar-refractivity contribution in [2.45, 2.75) is 25.1 Å². The summed E-state index contributed by atoms with van der Waals surface area (Å²) in [6.45, 7) is -0.0481. The van der Waals surface area contributed by atoms with E-state index in [1.54, 1.807) is 12.1 Å². The van der Waals surface area contributed by atoms with E-state index >= 15 is 0 Å². The molecule has 0 unspecified atom stereocenters. The Morgan fingerprint density at radius 3 is 2.81 bits per heavy atom. The maximum Gasteiger partial charge on any atom is 0.471 e. The van der Waals surface area contributed by atoms with E-state index in [-0.39, 0.29) is 13.1 Å². The van der Waals surface area contributed by atoms with E-state index in [4.69, 9.17) is 22.1 Å². The second kappa shape index (κ2) is 6.01. The van der Waals surface area contributed by atoms with Crippen LogP contribution in [0.3, 0.4) is 0 Å². The van der Waals surface area contributed by atoms with Gasteiger partial charge in [0.2, 0.25) is 0 Å². The lowest BCUT2D eigenvalue weighted by Crippen LogP contribution is -2.49. The van der Waals surface area contributed by atoms with Gasteiger partial charge in [-0.2, -0.15) is 13.2 Å². The SMILES string of the molecule is Nc1ccc(Cl)cc1O[C@H]1CCCN(C(=O)C(F)(F)F)C1. The van der Waals surface area contributed by atoms with Gasteiger partial charge in [-0.05, 0) is 25.0 Å². The molecule has 1 saturated heterocycles. The van der Waals surface area contributed by atoms with E-state index in [2.05, 4.69) is 0 Å². The van der Waals surface area contributed by atoms with Crippen molar-refractivity contribution in [2.75, 3.05) is 18.8 Å². The molecule has 1 aromatic carbocycles. The minimum atomic E-state index is -4.86. The van der Waals surface area contributed by atoms with Gasteiger partial charge in [0.15, 0.2) is 0 Å². The first kappa shape index (κ1) is 15.8. The molecule has 2 rings (SSSR count). The number of carbonyl (C=O) groups is 1. The largest absolute Gasteiger partial charge is 0.486 e. The number of halogens is 4. The first-order valence-corrected chi connectivity index (χ1v) is 6.73. The molecule has 1 heterocycles.